The molecule has 1 fully saturated rings. The summed E-state index contributed by atoms with van der Waals surface area (Å²) >= 11 is 0. The monoisotopic (exact) mass is 562 g/mol. The lowest BCUT2D eigenvalue weighted by atomic mass is 9.90. The van der Waals surface area contributed by atoms with Crippen molar-refractivity contribution in [1.82, 2.24) is 9.97 Å². The number of aliphatic carboxylic acids is 2. The predicted molar refractivity (Wildman–Crippen MR) is 158 cm³/mol. The van der Waals surface area contributed by atoms with Crippen LogP contribution in [-0.2, 0) is 15.0 Å². The van der Waals surface area contributed by atoms with Crippen molar-refractivity contribution >= 4 is 22.7 Å². The van der Waals surface area contributed by atoms with E-state index in [1.165, 1.54) is 32.1 Å². The fraction of sp³-hybridized carbons (Fsp3) is 0.515. The Hall–Kier alpha value is -3.68. The number of ether oxygens (including phenoxy) is 2. The maximum absolute atomic E-state index is 11.0. The number of rotatable bonds is 13. The van der Waals surface area contributed by atoms with Crippen molar-refractivity contribution in [3.63, 3.8) is 0 Å². The Morgan fingerprint density at radius 2 is 1.59 bits per heavy atom. The first kappa shape index (κ1) is 30.3. The summed E-state index contributed by atoms with van der Waals surface area (Å²) in [5, 5.41) is 20.0. The number of benzene rings is 2. The first-order valence-corrected chi connectivity index (χ1v) is 14.7. The second-order valence-corrected chi connectivity index (χ2v) is 12.1. The number of hydrogen-bond donors (Lipinski definition) is 2. The van der Waals surface area contributed by atoms with Gasteiger partial charge >= 0.3 is 11.9 Å². The summed E-state index contributed by atoms with van der Waals surface area (Å²) < 4.78 is 12.1. The zero-order chi connectivity index (χ0) is 29.4. The van der Waals surface area contributed by atoms with Gasteiger partial charge < -0.3 is 19.7 Å². The topological polar surface area (TPSA) is 119 Å². The van der Waals surface area contributed by atoms with E-state index in [-0.39, 0.29) is 11.8 Å². The lowest BCUT2D eigenvalue weighted by Gasteiger charge is -2.23. The van der Waals surface area contributed by atoms with E-state index in [1.54, 1.807) is 0 Å². The van der Waals surface area contributed by atoms with Gasteiger partial charge in [-0.1, -0.05) is 71.1 Å². The first-order chi connectivity index (χ1) is 19.6. The minimum atomic E-state index is -1.34. The Kier molecular flexibility index (Phi) is 10.2. The molecule has 0 atom stereocenters. The molecule has 1 aliphatic carbocycles. The number of fused-ring (bicyclic) bond motifs is 1. The molecular formula is C33H42N2O6. The van der Waals surface area contributed by atoms with Crippen LogP contribution in [-0.4, -0.2) is 45.3 Å². The standard InChI is InChI=1S/C33H42N2O6/c1-33(2,3)28-20-29(41-21-22-10-6-4-7-11-22)35-30(34-28)25-14-13-24-19-26(16-15-23(24)18-25)40-17-9-5-8-12-27(31(36)37)32(38)39/h13-16,18-20,22,27H,4-12,17,21H2,1-3H3,(H,36,37)(H,38,39). The summed E-state index contributed by atoms with van der Waals surface area (Å²) in [6.07, 6.45) is 8.40. The quantitative estimate of drug-likeness (QED) is 0.165. The molecule has 0 aliphatic heterocycles. The third kappa shape index (κ3) is 8.65. The van der Waals surface area contributed by atoms with Crippen LogP contribution in [0.25, 0.3) is 22.2 Å². The fourth-order valence-electron chi connectivity index (χ4n) is 5.19. The molecule has 8 nitrogen and oxygen atoms in total. The van der Waals surface area contributed by atoms with Gasteiger partial charge in [0.05, 0.1) is 18.9 Å². The highest BCUT2D eigenvalue weighted by molar-refractivity contribution is 5.92. The van der Waals surface area contributed by atoms with Gasteiger partial charge in [-0.2, -0.15) is 4.98 Å². The largest absolute Gasteiger partial charge is 0.494 e. The van der Waals surface area contributed by atoms with Crippen LogP contribution in [0.2, 0.25) is 0 Å². The van der Waals surface area contributed by atoms with Crippen molar-refractivity contribution in [1.29, 1.82) is 0 Å². The highest BCUT2D eigenvalue weighted by atomic mass is 16.5. The van der Waals surface area contributed by atoms with Crippen LogP contribution >= 0.6 is 0 Å². The molecular weight excluding hydrogens is 520 g/mol. The summed E-state index contributed by atoms with van der Waals surface area (Å²) in [5.41, 5.74) is 1.74. The van der Waals surface area contributed by atoms with Gasteiger partial charge in [0, 0.05) is 17.0 Å². The van der Waals surface area contributed by atoms with E-state index in [2.05, 4.69) is 26.8 Å². The molecule has 1 aromatic heterocycles. The van der Waals surface area contributed by atoms with Crippen molar-refractivity contribution in [2.75, 3.05) is 13.2 Å². The van der Waals surface area contributed by atoms with Gasteiger partial charge in [0.2, 0.25) is 5.88 Å². The van der Waals surface area contributed by atoms with E-state index >= 15 is 0 Å². The SMILES string of the molecule is CC(C)(C)c1cc(OCC2CCCCC2)nc(-c2ccc3cc(OCCCCCC(C(=O)O)C(=O)O)ccc3c2)n1. The van der Waals surface area contributed by atoms with Crippen LogP contribution < -0.4 is 9.47 Å². The third-order valence-corrected chi connectivity index (χ3v) is 7.73. The van der Waals surface area contributed by atoms with Crippen molar-refractivity contribution in [3.8, 4) is 23.0 Å². The van der Waals surface area contributed by atoms with Crippen LogP contribution in [0.5, 0.6) is 11.6 Å². The second-order valence-electron chi connectivity index (χ2n) is 12.1. The van der Waals surface area contributed by atoms with Crippen LogP contribution in [0, 0.1) is 11.8 Å². The lowest BCUT2D eigenvalue weighted by Crippen LogP contribution is -2.23. The van der Waals surface area contributed by atoms with Crippen LogP contribution in [0.3, 0.4) is 0 Å². The summed E-state index contributed by atoms with van der Waals surface area (Å²) in [5.74, 6) is -1.28. The lowest BCUT2D eigenvalue weighted by molar-refractivity contribution is -0.154. The highest BCUT2D eigenvalue weighted by Gasteiger charge is 2.25. The molecule has 41 heavy (non-hydrogen) atoms. The number of unbranched alkanes of at least 4 members (excludes halogenated alkanes) is 2. The molecule has 2 N–H and O–H groups in total. The zero-order valence-electron chi connectivity index (χ0n) is 24.4. The minimum absolute atomic E-state index is 0.124. The normalized spacial score (nSPS) is 14.3. The first-order valence-electron chi connectivity index (χ1n) is 14.7. The van der Waals surface area contributed by atoms with E-state index < -0.39 is 17.9 Å². The van der Waals surface area contributed by atoms with Crippen molar-refractivity contribution in [3.05, 3.63) is 48.2 Å². The predicted octanol–water partition coefficient (Wildman–Crippen LogP) is 7.28. The van der Waals surface area contributed by atoms with Gasteiger partial charge in [-0.05, 0) is 60.6 Å². The minimum Gasteiger partial charge on any atom is -0.494 e. The molecule has 0 bridgehead atoms. The van der Waals surface area contributed by atoms with E-state index in [0.29, 0.717) is 43.7 Å². The number of carboxylic acid groups (broad SMARTS) is 2. The Bertz CT molecular complexity index is 1330. The maximum Gasteiger partial charge on any atom is 0.317 e. The summed E-state index contributed by atoms with van der Waals surface area (Å²) in [4.78, 5) is 31.7. The molecule has 1 heterocycles. The molecule has 0 spiro atoms. The number of carboxylic acids is 2. The Morgan fingerprint density at radius 3 is 2.29 bits per heavy atom. The van der Waals surface area contributed by atoms with E-state index in [4.69, 9.17) is 29.7 Å². The zero-order valence-corrected chi connectivity index (χ0v) is 24.4. The fourth-order valence-corrected chi connectivity index (χ4v) is 5.19. The van der Waals surface area contributed by atoms with Gasteiger partial charge in [-0.25, -0.2) is 4.98 Å². The van der Waals surface area contributed by atoms with Crippen LogP contribution in [0.4, 0.5) is 0 Å². The van der Waals surface area contributed by atoms with Crippen LogP contribution in [0.1, 0.15) is 84.3 Å². The highest BCUT2D eigenvalue weighted by Crippen LogP contribution is 2.31. The van der Waals surface area contributed by atoms with Gasteiger partial charge in [-0.15, -0.1) is 0 Å². The molecule has 1 saturated carbocycles. The molecule has 3 aromatic rings. The van der Waals surface area contributed by atoms with Gasteiger partial charge in [-0.3, -0.25) is 9.59 Å². The van der Waals surface area contributed by atoms with Crippen molar-refractivity contribution in [2.24, 2.45) is 11.8 Å². The average molecular weight is 563 g/mol. The summed E-state index contributed by atoms with van der Waals surface area (Å²) in [6.45, 7) is 7.62. The molecule has 0 saturated heterocycles. The number of hydrogen-bond acceptors (Lipinski definition) is 6. The van der Waals surface area contributed by atoms with E-state index in [1.807, 2.05) is 36.4 Å². The smallest absolute Gasteiger partial charge is 0.317 e. The molecule has 0 unspecified atom stereocenters. The van der Waals surface area contributed by atoms with E-state index in [9.17, 15) is 9.59 Å². The van der Waals surface area contributed by atoms with Gasteiger partial charge in [0.15, 0.2) is 11.7 Å². The van der Waals surface area contributed by atoms with Crippen LogP contribution in [0.15, 0.2) is 42.5 Å². The molecule has 1 aliphatic rings. The summed E-state index contributed by atoms with van der Waals surface area (Å²) in [6, 6.07) is 14.1. The molecule has 220 valence electrons. The summed E-state index contributed by atoms with van der Waals surface area (Å²) in [7, 11) is 0. The van der Waals surface area contributed by atoms with Crippen molar-refractivity contribution in [2.45, 2.75) is 84.0 Å². The number of aromatic nitrogens is 2. The number of carbonyl (C=O) groups is 2. The van der Waals surface area contributed by atoms with Gasteiger partial charge in [0.25, 0.3) is 0 Å². The molecule has 4 rings (SSSR count). The third-order valence-electron chi connectivity index (χ3n) is 7.73. The molecule has 0 amide bonds. The average Bonchev–Trinajstić information content (AvgIpc) is 2.94. The Labute approximate surface area is 242 Å². The van der Waals surface area contributed by atoms with E-state index in [0.717, 1.165) is 34.2 Å². The molecule has 2 aromatic carbocycles. The Morgan fingerprint density at radius 1 is 0.878 bits per heavy atom. The van der Waals surface area contributed by atoms with Crippen molar-refractivity contribution < 1.29 is 29.3 Å². The molecule has 0 radical (unpaired) electrons. The molecule has 8 heteroatoms. The van der Waals surface area contributed by atoms with Gasteiger partial charge in [0.1, 0.15) is 5.75 Å². The number of nitrogens with zero attached hydrogens (tertiary/aromatic N) is 2. The maximum atomic E-state index is 11.0. The Balaban J connectivity index is 1.39. The second kappa shape index (κ2) is 13.8.